The number of carbonyl (C=O) groups excluding carboxylic acids is 1. The molecule has 2 rings (SSSR count). The van der Waals surface area contributed by atoms with Gasteiger partial charge in [-0.2, -0.15) is 5.26 Å². The van der Waals surface area contributed by atoms with Gasteiger partial charge < -0.3 is 24.6 Å². The van der Waals surface area contributed by atoms with Gasteiger partial charge in [-0.3, -0.25) is 4.79 Å². The lowest BCUT2D eigenvalue weighted by Crippen LogP contribution is -2.13. The van der Waals surface area contributed by atoms with Crippen molar-refractivity contribution in [2.24, 2.45) is 0 Å². The molecule has 0 bridgehead atoms. The standard InChI is InChI=1S/C22H22N2O6/c1-3-28-18-8-6-17(7-9-18)24-22(27)16(13-23)11-15-5-10-19(30-14-21(25)26)20(12-15)29-4-2/h5-12H,3-4,14H2,1-2H3,(H,24,27)(H,25,26)/b16-11-. The van der Waals surface area contributed by atoms with Gasteiger partial charge in [-0.1, -0.05) is 6.07 Å². The summed E-state index contributed by atoms with van der Waals surface area (Å²) in [6.45, 7) is 4.01. The molecule has 0 atom stereocenters. The molecule has 8 nitrogen and oxygen atoms in total. The fourth-order valence-corrected chi connectivity index (χ4v) is 2.46. The smallest absolute Gasteiger partial charge is 0.341 e. The molecule has 0 radical (unpaired) electrons. The quantitative estimate of drug-likeness (QED) is 0.455. The summed E-state index contributed by atoms with van der Waals surface area (Å²) >= 11 is 0. The van der Waals surface area contributed by atoms with Crippen molar-refractivity contribution in [1.82, 2.24) is 0 Å². The zero-order valence-electron chi connectivity index (χ0n) is 16.7. The van der Waals surface area contributed by atoms with Crippen molar-refractivity contribution in [3.63, 3.8) is 0 Å². The van der Waals surface area contributed by atoms with Crippen molar-refractivity contribution in [3.05, 3.63) is 53.6 Å². The number of benzene rings is 2. The minimum absolute atomic E-state index is 0.106. The lowest BCUT2D eigenvalue weighted by molar-refractivity contribution is -0.139. The molecule has 2 N–H and O–H groups in total. The highest BCUT2D eigenvalue weighted by Crippen LogP contribution is 2.29. The number of carbonyl (C=O) groups is 2. The van der Waals surface area contributed by atoms with Gasteiger partial charge in [0.05, 0.1) is 13.2 Å². The maximum atomic E-state index is 12.5. The first-order chi connectivity index (χ1) is 14.5. The Morgan fingerprint density at radius 2 is 1.73 bits per heavy atom. The molecule has 0 saturated heterocycles. The van der Waals surface area contributed by atoms with Crippen LogP contribution < -0.4 is 19.5 Å². The van der Waals surface area contributed by atoms with Gasteiger partial charge in [0.25, 0.3) is 5.91 Å². The van der Waals surface area contributed by atoms with Crippen LogP contribution in [0.1, 0.15) is 19.4 Å². The maximum Gasteiger partial charge on any atom is 0.341 e. The molecule has 0 heterocycles. The molecule has 0 saturated carbocycles. The molecule has 0 aliphatic rings. The number of aliphatic carboxylic acids is 1. The third kappa shape index (κ3) is 6.56. The van der Waals surface area contributed by atoms with Gasteiger partial charge in [0.2, 0.25) is 0 Å². The first-order valence-electron chi connectivity index (χ1n) is 9.24. The van der Waals surface area contributed by atoms with E-state index in [9.17, 15) is 14.9 Å². The number of ether oxygens (including phenoxy) is 3. The van der Waals surface area contributed by atoms with Crippen molar-refractivity contribution >= 4 is 23.6 Å². The van der Waals surface area contributed by atoms with E-state index in [1.165, 1.54) is 12.1 Å². The fraction of sp³-hybridized carbons (Fsp3) is 0.227. The van der Waals surface area contributed by atoms with Crippen LogP contribution in [0.4, 0.5) is 5.69 Å². The monoisotopic (exact) mass is 410 g/mol. The summed E-state index contributed by atoms with van der Waals surface area (Å²) in [4.78, 5) is 23.2. The number of hydrogen-bond donors (Lipinski definition) is 2. The van der Waals surface area contributed by atoms with E-state index in [2.05, 4.69) is 5.32 Å². The minimum Gasteiger partial charge on any atom is -0.494 e. The Labute approximate surface area is 174 Å². The summed E-state index contributed by atoms with van der Waals surface area (Å²) in [5, 5.41) is 20.8. The average molecular weight is 410 g/mol. The first kappa shape index (κ1) is 22.3. The number of hydrogen-bond acceptors (Lipinski definition) is 6. The van der Waals surface area contributed by atoms with E-state index in [-0.39, 0.29) is 11.3 Å². The largest absolute Gasteiger partial charge is 0.494 e. The number of nitriles is 1. The van der Waals surface area contributed by atoms with Crippen LogP contribution in [0.3, 0.4) is 0 Å². The van der Waals surface area contributed by atoms with Gasteiger partial charge in [0.15, 0.2) is 18.1 Å². The predicted molar refractivity (Wildman–Crippen MR) is 111 cm³/mol. The normalized spacial score (nSPS) is 10.6. The van der Waals surface area contributed by atoms with Gasteiger partial charge in [-0.05, 0) is 61.9 Å². The maximum absolute atomic E-state index is 12.5. The van der Waals surface area contributed by atoms with Crippen molar-refractivity contribution in [1.29, 1.82) is 5.26 Å². The molecule has 156 valence electrons. The van der Waals surface area contributed by atoms with Gasteiger partial charge in [-0.15, -0.1) is 0 Å². The molecule has 0 aliphatic carbocycles. The van der Waals surface area contributed by atoms with E-state index in [1.807, 2.05) is 13.0 Å². The van der Waals surface area contributed by atoms with E-state index in [0.717, 1.165) is 0 Å². The molecule has 2 aromatic rings. The van der Waals surface area contributed by atoms with E-state index < -0.39 is 18.5 Å². The van der Waals surface area contributed by atoms with Crippen molar-refractivity contribution in [2.45, 2.75) is 13.8 Å². The zero-order chi connectivity index (χ0) is 21.9. The van der Waals surface area contributed by atoms with E-state index >= 15 is 0 Å². The number of nitrogens with zero attached hydrogens (tertiary/aromatic N) is 1. The van der Waals surface area contributed by atoms with Crippen LogP contribution in [-0.4, -0.2) is 36.8 Å². The number of rotatable bonds is 10. The second kappa shape index (κ2) is 11.1. The molecule has 0 aromatic heterocycles. The van der Waals surface area contributed by atoms with E-state index in [1.54, 1.807) is 43.3 Å². The third-order valence-electron chi connectivity index (χ3n) is 3.72. The Balaban J connectivity index is 2.19. The average Bonchev–Trinajstić information content (AvgIpc) is 2.73. The molecule has 1 amide bonds. The van der Waals surface area contributed by atoms with Crippen LogP contribution in [0.2, 0.25) is 0 Å². The van der Waals surface area contributed by atoms with Crippen molar-refractivity contribution < 1.29 is 28.9 Å². The summed E-state index contributed by atoms with van der Waals surface area (Å²) in [6.07, 6.45) is 1.41. The predicted octanol–water partition coefficient (Wildman–Crippen LogP) is 3.49. The van der Waals surface area contributed by atoms with Crippen LogP contribution in [0, 0.1) is 11.3 Å². The van der Waals surface area contributed by atoms with E-state index in [0.29, 0.717) is 36.0 Å². The van der Waals surface area contributed by atoms with Crippen molar-refractivity contribution in [3.8, 4) is 23.3 Å². The fourth-order valence-electron chi connectivity index (χ4n) is 2.46. The molecule has 30 heavy (non-hydrogen) atoms. The van der Waals surface area contributed by atoms with Gasteiger partial charge in [0.1, 0.15) is 17.4 Å². The van der Waals surface area contributed by atoms with Gasteiger partial charge in [0, 0.05) is 5.69 Å². The molecular weight excluding hydrogens is 388 g/mol. The highest BCUT2D eigenvalue weighted by atomic mass is 16.5. The summed E-state index contributed by atoms with van der Waals surface area (Å²) < 4.78 is 16.0. The van der Waals surface area contributed by atoms with Crippen LogP contribution in [0.15, 0.2) is 48.0 Å². The Kier molecular flexibility index (Phi) is 8.27. The second-order valence-corrected chi connectivity index (χ2v) is 5.90. The van der Waals surface area contributed by atoms with Gasteiger partial charge >= 0.3 is 5.97 Å². The number of nitrogens with one attached hydrogen (secondary N) is 1. The highest BCUT2D eigenvalue weighted by Gasteiger charge is 2.12. The summed E-state index contributed by atoms with van der Waals surface area (Å²) in [5.41, 5.74) is 0.946. The first-order valence-corrected chi connectivity index (χ1v) is 9.24. The third-order valence-corrected chi connectivity index (χ3v) is 3.72. The van der Waals surface area contributed by atoms with Crippen LogP contribution >= 0.6 is 0 Å². The zero-order valence-corrected chi connectivity index (χ0v) is 16.7. The highest BCUT2D eigenvalue weighted by molar-refractivity contribution is 6.09. The number of carboxylic acids is 1. The Bertz CT molecular complexity index is 961. The number of carboxylic acid groups (broad SMARTS) is 1. The number of anilines is 1. The van der Waals surface area contributed by atoms with E-state index in [4.69, 9.17) is 19.3 Å². The molecule has 0 fully saturated rings. The lowest BCUT2D eigenvalue weighted by atomic mass is 10.1. The lowest BCUT2D eigenvalue weighted by Gasteiger charge is -2.11. The topological polar surface area (TPSA) is 118 Å². The Morgan fingerprint density at radius 3 is 2.33 bits per heavy atom. The molecule has 8 heteroatoms. The van der Waals surface area contributed by atoms with Crippen LogP contribution in [0.25, 0.3) is 6.08 Å². The molecule has 2 aromatic carbocycles. The Hall–Kier alpha value is -3.99. The SMILES string of the molecule is CCOc1ccc(NC(=O)/C(C#N)=C\c2ccc(OCC(=O)O)c(OCC)c2)cc1. The van der Waals surface area contributed by atoms with Crippen LogP contribution in [0.5, 0.6) is 17.2 Å². The van der Waals surface area contributed by atoms with Gasteiger partial charge in [-0.25, -0.2) is 4.79 Å². The molecular formula is C22H22N2O6. The number of amides is 1. The second-order valence-electron chi connectivity index (χ2n) is 5.90. The van der Waals surface area contributed by atoms with Crippen molar-refractivity contribution in [2.75, 3.05) is 25.1 Å². The van der Waals surface area contributed by atoms with Crippen LogP contribution in [-0.2, 0) is 9.59 Å². The minimum atomic E-state index is -1.11. The Morgan fingerprint density at radius 1 is 1.03 bits per heavy atom. The molecule has 0 unspecified atom stereocenters. The molecule has 0 spiro atoms. The summed E-state index contributed by atoms with van der Waals surface area (Å²) in [7, 11) is 0. The summed E-state index contributed by atoms with van der Waals surface area (Å²) in [6, 6.07) is 13.4. The molecule has 0 aliphatic heterocycles. The summed E-state index contributed by atoms with van der Waals surface area (Å²) in [5.74, 6) is -0.421.